The van der Waals surface area contributed by atoms with Gasteiger partial charge in [0, 0.05) is 22.1 Å². The zero-order chi connectivity index (χ0) is 18.1. The number of aryl methyl sites for hydroxylation is 1. The number of hydrogen-bond donors (Lipinski definition) is 4. The van der Waals surface area contributed by atoms with Gasteiger partial charge in [0.1, 0.15) is 0 Å². The fraction of sp³-hybridized carbons (Fsp3) is 0.0526. The van der Waals surface area contributed by atoms with Gasteiger partial charge in [-0.25, -0.2) is 4.79 Å². The SMILES string of the molecule is Cc1cc(NC(=O)O)ccc1Nc1cc(-c2cc3ccccc3s2)[nH]n1. The first-order chi connectivity index (χ1) is 12.6. The number of nitrogens with one attached hydrogen (secondary N) is 3. The molecule has 2 heterocycles. The van der Waals surface area contributed by atoms with Crippen LogP contribution in [0.25, 0.3) is 20.7 Å². The Morgan fingerprint density at radius 3 is 2.77 bits per heavy atom. The molecule has 0 aliphatic carbocycles. The standard InChI is InChI=1S/C19H16N4O2S/c1-11-8-13(20-19(24)25)6-7-14(11)21-18-10-15(22-23-18)17-9-12-4-2-3-5-16(12)26-17/h2-10,20H,1H3,(H,24,25)(H2,21,22,23). The van der Waals surface area contributed by atoms with Gasteiger partial charge in [0.2, 0.25) is 0 Å². The molecule has 4 N–H and O–H groups in total. The second-order valence-corrected chi connectivity index (χ2v) is 6.98. The molecule has 0 radical (unpaired) electrons. The lowest BCUT2D eigenvalue weighted by Crippen LogP contribution is -2.07. The average molecular weight is 364 g/mol. The summed E-state index contributed by atoms with van der Waals surface area (Å²) in [6.07, 6.45) is -1.08. The molecule has 0 fully saturated rings. The van der Waals surface area contributed by atoms with E-state index in [0.717, 1.165) is 21.8 Å². The first kappa shape index (κ1) is 16.2. The molecule has 7 heteroatoms. The normalized spacial score (nSPS) is 10.8. The van der Waals surface area contributed by atoms with Crippen LogP contribution in [-0.4, -0.2) is 21.4 Å². The number of nitrogens with zero attached hydrogens (tertiary/aromatic N) is 1. The Bertz CT molecular complexity index is 1070. The number of H-pyrrole nitrogens is 1. The Balaban J connectivity index is 1.56. The molecule has 2 aromatic carbocycles. The third-order valence-corrected chi connectivity index (χ3v) is 5.16. The van der Waals surface area contributed by atoms with Gasteiger partial charge in [-0.3, -0.25) is 10.4 Å². The Morgan fingerprint density at radius 2 is 2.00 bits per heavy atom. The van der Waals surface area contributed by atoms with Crippen molar-refractivity contribution in [2.45, 2.75) is 6.92 Å². The first-order valence-electron chi connectivity index (χ1n) is 8.00. The van der Waals surface area contributed by atoms with Crippen LogP contribution in [0.5, 0.6) is 0 Å². The van der Waals surface area contributed by atoms with E-state index in [4.69, 9.17) is 5.11 Å². The summed E-state index contributed by atoms with van der Waals surface area (Å²) < 4.78 is 1.24. The minimum atomic E-state index is -1.08. The van der Waals surface area contributed by atoms with E-state index in [1.54, 1.807) is 23.5 Å². The Labute approximate surface area is 153 Å². The van der Waals surface area contributed by atoms with Crippen LogP contribution in [0, 0.1) is 6.92 Å². The molecule has 6 nitrogen and oxygen atoms in total. The van der Waals surface area contributed by atoms with Crippen molar-refractivity contribution < 1.29 is 9.90 Å². The molecule has 2 aromatic heterocycles. The highest BCUT2D eigenvalue weighted by Gasteiger charge is 2.09. The third kappa shape index (κ3) is 3.25. The lowest BCUT2D eigenvalue weighted by Gasteiger charge is -2.09. The number of hydrogen-bond acceptors (Lipinski definition) is 4. The van der Waals surface area contributed by atoms with Gasteiger partial charge >= 0.3 is 6.09 Å². The van der Waals surface area contributed by atoms with E-state index in [9.17, 15) is 4.79 Å². The van der Waals surface area contributed by atoms with Crippen LogP contribution in [0.15, 0.2) is 54.6 Å². The lowest BCUT2D eigenvalue weighted by molar-refractivity contribution is 0.210. The van der Waals surface area contributed by atoms with Gasteiger partial charge in [-0.2, -0.15) is 5.10 Å². The van der Waals surface area contributed by atoms with E-state index in [1.807, 2.05) is 31.2 Å². The van der Waals surface area contributed by atoms with Crippen molar-refractivity contribution in [3.8, 4) is 10.6 Å². The predicted molar refractivity (Wildman–Crippen MR) is 106 cm³/mol. The largest absolute Gasteiger partial charge is 0.465 e. The second kappa shape index (κ2) is 6.53. The molecular formula is C19H16N4O2S. The summed E-state index contributed by atoms with van der Waals surface area (Å²) in [5, 5.41) is 23.0. The monoisotopic (exact) mass is 364 g/mol. The van der Waals surface area contributed by atoms with E-state index in [2.05, 4.69) is 39.0 Å². The Kier molecular flexibility index (Phi) is 4.06. The maximum Gasteiger partial charge on any atom is 0.409 e. The summed E-state index contributed by atoms with van der Waals surface area (Å²) in [6, 6.07) is 17.7. The molecular weight excluding hydrogens is 348 g/mol. The van der Waals surface area contributed by atoms with Crippen molar-refractivity contribution in [3.63, 3.8) is 0 Å². The summed E-state index contributed by atoms with van der Waals surface area (Å²) in [4.78, 5) is 11.8. The van der Waals surface area contributed by atoms with Gasteiger partial charge in [-0.1, -0.05) is 18.2 Å². The number of rotatable bonds is 4. The summed E-state index contributed by atoms with van der Waals surface area (Å²) in [6.45, 7) is 1.91. The van der Waals surface area contributed by atoms with E-state index in [1.165, 1.54) is 10.1 Å². The molecule has 0 unspecified atom stereocenters. The number of amides is 1. The van der Waals surface area contributed by atoms with E-state index >= 15 is 0 Å². The number of aromatic nitrogens is 2. The summed E-state index contributed by atoms with van der Waals surface area (Å²) in [5.74, 6) is 0.708. The molecule has 4 rings (SSSR count). The van der Waals surface area contributed by atoms with E-state index in [-0.39, 0.29) is 0 Å². The minimum Gasteiger partial charge on any atom is -0.465 e. The molecule has 0 bridgehead atoms. The van der Waals surface area contributed by atoms with Crippen LogP contribution in [0.2, 0.25) is 0 Å². The molecule has 130 valence electrons. The number of carbonyl (C=O) groups is 1. The highest BCUT2D eigenvalue weighted by atomic mass is 32.1. The van der Waals surface area contributed by atoms with Crippen molar-refractivity contribution in [1.82, 2.24) is 10.2 Å². The number of thiophene rings is 1. The maximum atomic E-state index is 10.7. The molecule has 0 saturated carbocycles. The van der Waals surface area contributed by atoms with Gasteiger partial charge in [0.05, 0.1) is 10.6 Å². The summed E-state index contributed by atoms with van der Waals surface area (Å²) in [5.41, 5.74) is 3.28. The molecule has 1 amide bonds. The molecule has 0 spiro atoms. The van der Waals surface area contributed by atoms with Crippen LogP contribution >= 0.6 is 11.3 Å². The number of anilines is 3. The molecule has 0 aliphatic heterocycles. The van der Waals surface area contributed by atoms with Crippen molar-refractivity contribution in [3.05, 3.63) is 60.2 Å². The highest BCUT2D eigenvalue weighted by molar-refractivity contribution is 7.22. The zero-order valence-electron chi connectivity index (χ0n) is 13.9. The van der Waals surface area contributed by atoms with Crippen LogP contribution in [-0.2, 0) is 0 Å². The van der Waals surface area contributed by atoms with Crippen molar-refractivity contribution in [2.24, 2.45) is 0 Å². The van der Waals surface area contributed by atoms with Crippen molar-refractivity contribution >= 4 is 44.7 Å². The van der Waals surface area contributed by atoms with Gasteiger partial charge in [0.25, 0.3) is 0 Å². The molecule has 0 aliphatic rings. The summed E-state index contributed by atoms with van der Waals surface area (Å²) >= 11 is 1.72. The number of benzene rings is 2. The molecule has 0 atom stereocenters. The topological polar surface area (TPSA) is 90.0 Å². The third-order valence-electron chi connectivity index (χ3n) is 4.01. The quantitative estimate of drug-likeness (QED) is 0.388. The highest BCUT2D eigenvalue weighted by Crippen LogP contribution is 2.33. The Hall–Kier alpha value is -3.32. The van der Waals surface area contributed by atoms with Gasteiger partial charge in [0.15, 0.2) is 5.82 Å². The van der Waals surface area contributed by atoms with Crippen molar-refractivity contribution in [2.75, 3.05) is 10.6 Å². The van der Waals surface area contributed by atoms with Crippen LogP contribution in [0.1, 0.15) is 5.56 Å². The van der Waals surface area contributed by atoms with Crippen LogP contribution < -0.4 is 10.6 Å². The average Bonchev–Trinajstić information content (AvgIpc) is 3.23. The predicted octanol–water partition coefficient (Wildman–Crippen LogP) is 5.43. The molecule has 4 aromatic rings. The van der Waals surface area contributed by atoms with Crippen LogP contribution in [0.4, 0.5) is 22.0 Å². The van der Waals surface area contributed by atoms with Gasteiger partial charge in [-0.05, 0) is 48.2 Å². The number of carboxylic acid groups (broad SMARTS) is 1. The maximum absolute atomic E-state index is 10.7. The first-order valence-corrected chi connectivity index (χ1v) is 8.82. The fourth-order valence-electron chi connectivity index (χ4n) is 2.77. The lowest BCUT2D eigenvalue weighted by atomic mass is 10.1. The van der Waals surface area contributed by atoms with E-state index < -0.39 is 6.09 Å². The van der Waals surface area contributed by atoms with Crippen molar-refractivity contribution in [1.29, 1.82) is 0 Å². The number of aromatic amines is 1. The minimum absolute atomic E-state index is 0.536. The Morgan fingerprint density at radius 1 is 1.15 bits per heavy atom. The molecule has 0 saturated heterocycles. The summed E-state index contributed by atoms with van der Waals surface area (Å²) in [7, 11) is 0. The fourth-order valence-corrected chi connectivity index (χ4v) is 3.80. The van der Waals surface area contributed by atoms with E-state index in [0.29, 0.717) is 11.5 Å². The van der Waals surface area contributed by atoms with Crippen LogP contribution in [0.3, 0.4) is 0 Å². The second-order valence-electron chi connectivity index (χ2n) is 5.90. The smallest absolute Gasteiger partial charge is 0.409 e. The van der Waals surface area contributed by atoms with Gasteiger partial charge in [-0.15, -0.1) is 11.3 Å². The molecule has 26 heavy (non-hydrogen) atoms. The van der Waals surface area contributed by atoms with Gasteiger partial charge < -0.3 is 10.4 Å². The zero-order valence-corrected chi connectivity index (χ0v) is 14.7. The number of fused-ring (bicyclic) bond motifs is 1.